The zero-order valence-electron chi connectivity index (χ0n) is 9.46. The minimum atomic E-state index is -0.389. The van der Waals surface area contributed by atoms with Gasteiger partial charge in [0.05, 0.1) is 6.61 Å². The van der Waals surface area contributed by atoms with E-state index >= 15 is 0 Å². The number of nitrogens with one attached hydrogen (secondary N) is 1. The second kappa shape index (κ2) is 5.39. The van der Waals surface area contributed by atoms with Crippen LogP contribution in [0.1, 0.15) is 25.9 Å². The summed E-state index contributed by atoms with van der Waals surface area (Å²) in [6, 6.07) is 5.78. The highest BCUT2D eigenvalue weighted by Crippen LogP contribution is 2.14. The Morgan fingerprint density at radius 3 is 2.73 bits per heavy atom. The van der Waals surface area contributed by atoms with E-state index in [0.29, 0.717) is 6.61 Å². The summed E-state index contributed by atoms with van der Waals surface area (Å²) in [4.78, 5) is 11.2. The Morgan fingerprint density at radius 1 is 1.40 bits per heavy atom. The fraction of sp³-hybridized carbons (Fsp3) is 0.417. The molecule has 0 radical (unpaired) electrons. The molecule has 0 aliphatic heterocycles. The van der Waals surface area contributed by atoms with Gasteiger partial charge in [-0.2, -0.15) is 0 Å². The van der Waals surface area contributed by atoms with Gasteiger partial charge in [-0.15, -0.1) is 0 Å². The lowest BCUT2D eigenvalue weighted by molar-refractivity contribution is 0.161. The van der Waals surface area contributed by atoms with Crippen LogP contribution in [-0.4, -0.2) is 12.7 Å². The van der Waals surface area contributed by atoms with Gasteiger partial charge >= 0.3 is 6.09 Å². The average molecular weight is 209 g/mol. The molecule has 0 bridgehead atoms. The molecule has 1 amide bonds. The fourth-order valence-electron chi connectivity index (χ4n) is 1.17. The molecule has 1 N–H and O–H groups in total. The van der Waals surface area contributed by atoms with Crippen LogP contribution in [-0.2, 0) is 4.74 Å². The van der Waals surface area contributed by atoms with Crippen molar-refractivity contribution >= 4 is 11.8 Å². The van der Waals surface area contributed by atoms with E-state index < -0.39 is 0 Å². The van der Waals surface area contributed by atoms with Crippen molar-refractivity contribution in [2.45, 2.75) is 27.2 Å². The summed E-state index contributed by atoms with van der Waals surface area (Å²) in [6.45, 7) is 6.46. The summed E-state index contributed by atoms with van der Waals surface area (Å²) in [7, 11) is 0. The standard InChI is InChI=1S/C12H17NO2.H2/c1-4-7-15-12(14)13-11-6-5-9(2)10(3)8-11;/h5-6,8H,4,7H2,1-3H3,(H,13,14);1H. The predicted octanol–water partition coefficient (Wildman–Crippen LogP) is 3.51. The van der Waals surface area contributed by atoms with E-state index in [4.69, 9.17) is 4.74 Å². The number of benzene rings is 1. The summed E-state index contributed by atoms with van der Waals surface area (Å²) in [5, 5.41) is 2.68. The van der Waals surface area contributed by atoms with Crippen molar-refractivity contribution in [3.05, 3.63) is 29.3 Å². The lowest BCUT2D eigenvalue weighted by atomic mass is 10.1. The molecule has 0 saturated carbocycles. The van der Waals surface area contributed by atoms with Gasteiger partial charge in [0.1, 0.15) is 0 Å². The van der Waals surface area contributed by atoms with Gasteiger partial charge in [-0.1, -0.05) is 13.0 Å². The Labute approximate surface area is 91.9 Å². The Kier molecular flexibility index (Phi) is 4.16. The third-order valence-electron chi connectivity index (χ3n) is 2.19. The number of carbonyl (C=O) groups excluding carboxylic acids is 1. The molecule has 0 heterocycles. The van der Waals surface area contributed by atoms with E-state index in [9.17, 15) is 4.79 Å². The molecular weight excluding hydrogens is 190 g/mol. The Bertz CT molecular complexity index is 353. The van der Waals surface area contributed by atoms with Crippen molar-refractivity contribution in [1.29, 1.82) is 0 Å². The van der Waals surface area contributed by atoms with E-state index in [1.165, 1.54) is 5.56 Å². The second-order valence-electron chi connectivity index (χ2n) is 3.56. The van der Waals surface area contributed by atoms with E-state index in [-0.39, 0.29) is 7.52 Å². The first-order valence-corrected chi connectivity index (χ1v) is 5.14. The molecule has 0 fully saturated rings. The summed E-state index contributed by atoms with van der Waals surface area (Å²) < 4.78 is 4.92. The lowest BCUT2D eigenvalue weighted by Gasteiger charge is -2.07. The number of anilines is 1. The summed E-state index contributed by atoms with van der Waals surface area (Å²) >= 11 is 0. The zero-order chi connectivity index (χ0) is 11.3. The molecule has 1 aromatic carbocycles. The largest absolute Gasteiger partial charge is 0.449 e. The van der Waals surface area contributed by atoms with Crippen LogP contribution < -0.4 is 5.32 Å². The van der Waals surface area contributed by atoms with Crippen molar-refractivity contribution in [3.8, 4) is 0 Å². The second-order valence-corrected chi connectivity index (χ2v) is 3.56. The third kappa shape index (κ3) is 3.62. The van der Waals surface area contributed by atoms with Gasteiger partial charge in [0, 0.05) is 7.11 Å². The Hall–Kier alpha value is -1.51. The molecule has 1 aromatic rings. The Balaban J connectivity index is 0.00000225. The van der Waals surface area contributed by atoms with Crippen LogP contribution in [0.15, 0.2) is 18.2 Å². The van der Waals surface area contributed by atoms with E-state index in [2.05, 4.69) is 5.32 Å². The van der Waals surface area contributed by atoms with Crippen LogP contribution in [0.25, 0.3) is 0 Å². The number of aryl methyl sites for hydroxylation is 2. The molecule has 0 unspecified atom stereocenters. The molecule has 0 saturated heterocycles. The number of amides is 1. The number of hydrogen-bond donors (Lipinski definition) is 1. The van der Waals surface area contributed by atoms with Gasteiger partial charge in [0.25, 0.3) is 0 Å². The minimum absolute atomic E-state index is 0. The van der Waals surface area contributed by atoms with Gasteiger partial charge in [-0.3, -0.25) is 5.32 Å². The molecule has 0 aromatic heterocycles. The van der Waals surface area contributed by atoms with Gasteiger partial charge < -0.3 is 4.74 Å². The van der Waals surface area contributed by atoms with Crippen LogP contribution >= 0.6 is 0 Å². The lowest BCUT2D eigenvalue weighted by Crippen LogP contribution is -2.14. The molecule has 15 heavy (non-hydrogen) atoms. The fourth-order valence-corrected chi connectivity index (χ4v) is 1.17. The van der Waals surface area contributed by atoms with Crippen molar-refractivity contribution in [2.75, 3.05) is 11.9 Å². The summed E-state index contributed by atoms with van der Waals surface area (Å²) in [5.74, 6) is 0. The van der Waals surface area contributed by atoms with E-state index in [1.54, 1.807) is 0 Å². The van der Waals surface area contributed by atoms with Gasteiger partial charge in [0.15, 0.2) is 0 Å². The molecule has 3 heteroatoms. The van der Waals surface area contributed by atoms with E-state index in [0.717, 1.165) is 17.7 Å². The first kappa shape index (κ1) is 11.6. The molecule has 0 atom stereocenters. The van der Waals surface area contributed by atoms with Crippen molar-refractivity contribution in [3.63, 3.8) is 0 Å². The Morgan fingerprint density at radius 2 is 2.13 bits per heavy atom. The van der Waals surface area contributed by atoms with Gasteiger partial charge in [0.2, 0.25) is 0 Å². The molecule has 3 nitrogen and oxygen atoms in total. The molecular formula is C12H19NO2. The minimum Gasteiger partial charge on any atom is -0.449 e. The van der Waals surface area contributed by atoms with Crippen molar-refractivity contribution < 1.29 is 11.0 Å². The summed E-state index contributed by atoms with van der Waals surface area (Å²) in [6.07, 6.45) is 0.445. The third-order valence-corrected chi connectivity index (χ3v) is 2.19. The molecule has 0 spiro atoms. The molecule has 84 valence electrons. The maximum atomic E-state index is 11.2. The molecule has 0 aliphatic carbocycles. The number of hydrogen-bond acceptors (Lipinski definition) is 2. The number of rotatable bonds is 3. The van der Waals surface area contributed by atoms with Gasteiger partial charge in [-0.25, -0.2) is 4.79 Å². The molecule has 1 rings (SSSR count). The van der Waals surface area contributed by atoms with E-state index in [1.807, 2.05) is 39.0 Å². The van der Waals surface area contributed by atoms with Crippen LogP contribution in [0, 0.1) is 13.8 Å². The maximum absolute atomic E-state index is 11.2. The topological polar surface area (TPSA) is 38.3 Å². The van der Waals surface area contributed by atoms with Crippen LogP contribution in [0.4, 0.5) is 10.5 Å². The van der Waals surface area contributed by atoms with Crippen molar-refractivity contribution in [1.82, 2.24) is 0 Å². The highest BCUT2D eigenvalue weighted by atomic mass is 16.5. The van der Waals surface area contributed by atoms with Crippen LogP contribution in [0.2, 0.25) is 0 Å². The first-order chi connectivity index (χ1) is 7.13. The highest BCUT2D eigenvalue weighted by molar-refractivity contribution is 5.84. The normalized spacial score (nSPS) is 9.80. The smallest absolute Gasteiger partial charge is 0.411 e. The SMILES string of the molecule is CCCOC(=O)Nc1ccc(C)c(C)c1.[HH]. The van der Waals surface area contributed by atoms with Crippen LogP contribution in [0.5, 0.6) is 0 Å². The average Bonchev–Trinajstić information content (AvgIpc) is 2.20. The number of ether oxygens (including phenoxy) is 1. The summed E-state index contributed by atoms with van der Waals surface area (Å²) in [5.41, 5.74) is 3.14. The first-order valence-electron chi connectivity index (χ1n) is 5.14. The number of carbonyl (C=O) groups is 1. The monoisotopic (exact) mass is 209 g/mol. The molecule has 0 aliphatic rings. The predicted molar refractivity (Wildman–Crippen MR) is 63.3 cm³/mol. The zero-order valence-corrected chi connectivity index (χ0v) is 9.46. The van der Waals surface area contributed by atoms with Crippen molar-refractivity contribution in [2.24, 2.45) is 0 Å². The maximum Gasteiger partial charge on any atom is 0.411 e. The highest BCUT2D eigenvalue weighted by Gasteiger charge is 2.02. The van der Waals surface area contributed by atoms with Crippen LogP contribution in [0.3, 0.4) is 0 Å². The quantitative estimate of drug-likeness (QED) is 0.827. The van der Waals surface area contributed by atoms with Gasteiger partial charge in [-0.05, 0) is 43.5 Å².